The third-order valence-corrected chi connectivity index (χ3v) is 2.29. The molecule has 0 atom stereocenters. The summed E-state index contributed by atoms with van der Waals surface area (Å²) < 4.78 is 0. The van der Waals surface area contributed by atoms with Crippen LogP contribution >= 0.6 is 0 Å². The van der Waals surface area contributed by atoms with Crippen LogP contribution in [0.4, 0.5) is 0 Å². The van der Waals surface area contributed by atoms with Gasteiger partial charge in [-0.25, -0.2) is 9.59 Å². The van der Waals surface area contributed by atoms with Gasteiger partial charge >= 0.3 is 17.9 Å². The monoisotopic (exact) mass is 280 g/mol. The molecular weight excluding hydrogens is 264 g/mol. The number of rotatable bonds is 5. The number of benzene rings is 1. The molecule has 0 saturated heterocycles. The van der Waals surface area contributed by atoms with Gasteiger partial charge in [0.1, 0.15) is 0 Å². The highest BCUT2D eigenvalue weighted by Gasteiger charge is 2.13. The molecule has 6 nitrogen and oxygen atoms in total. The van der Waals surface area contributed by atoms with E-state index in [9.17, 15) is 14.4 Å². The molecule has 0 aliphatic heterocycles. The highest BCUT2D eigenvalue weighted by atomic mass is 16.4. The van der Waals surface area contributed by atoms with E-state index in [1.54, 1.807) is 0 Å². The fourth-order valence-corrected chi connectivity index (χ4v) is 1.19. The molecule has 0 fully saturated rings. The van der Waals surface area contributed by atoms with Crippen LogP contribution in [-0.2, 0) is 4.79 Å². The molecule has 0 heterocycles. The highest BCUT2D eigenvalue weighted by molar-refractivity contribution is 6.01. The molecule has 1 aromatic rings. The minimum Gasteiger partial charge on any atom is -0.481 e. The first kappa shape index (κ1) is 17.4. The Bertz CT molecular complexity index is 485. The lowest BCUT2D eigenvalue weighted by Gasteiger charge is -1.98. The van der Waals surface area contributed by atoms with E-state index in [-0.39, 0.29) is 17.5 Å². The molecule has 0 aliphatic carbocycles. The Morgan fingerprint density at radius 2 is 1.40 bits per heavy atom. The fourth-order valence-electron chi connectivity index (χ4n) is 1.19. The van der Waals surface area contributed by atoms with Gasteiger partial charge < -0.3 is 15.3 Å². The molecule has 0 unspecified atom stereocenters. The molecule has 0 bridgehead atoms. The zero-order valence-electron chi connectivity index (χ0n) is 11.0. The molecule has 0 aromatic heterocycles. The normalized spacial score (nSPS) is 9.05. The van der Waals surface area contributed by atoms with E-state index >= 15 is 0 Å². The molecule has 1 aromatic carbocycles. The van der Waals surface area contributed by atoms with Gasteiger partial charge in [-0.05, 0) is 18.6 Å². The molecule has 0 radical (unpaired) electrons. The van der Waals surface area contributed by atoms with Gasteiger partial charge in [0, 0.05) is 0 Å². The maximum Gasteiger partial charge on any atom is 0.336 e. The average Bonchev–Trinajstić information content (AvgIpc) is 2.38. The van der Waals surface area contributed by atoms with Crippen LogP contribution in [-0.4, -0.2) is 33.2 Å². The summed E-state index contributed by atoms with van der Waals surface area (Å²) in [5.74, 6) is -3.25. The van der Waals surface area contributed by atoms with Crippen molar-refractivity contribution in [2.45, 2.75) is 19.8 Å². The fraction of sp³-hybridized carbons (Fsp3) is 0.214. The van der Waals surface area contributed by atoms with Crippen molar-refractivity contribution in [2.75, 3.05) is 0 Å². The largest absolute Gasteiger partial charge is 0.481 e. The second kappa shape index (κ2) is 8.47. The van der Waals surface area contributed by atoms with Crippen molar-refractivity contribution < 1.29 is 29.7 Å². The van der Waals surface area contributed by atoms with E-state index in [0.717, 1.165) is 12.0 Å². The van der Waals surface area contributed by atoms with Gasteiger partial charge in [-0.15, -0.1) is 0 Å². The number of carbonyl (C=O) groups is 3. The number of hydrogen-bond acceptors (Lipinski definition) is 3. The molecule has 6 heteroatoms. The van der Waals surface area contributed by atoms with Gasteiger partial charge in [0.15, 0.2) is 0 Å². The van der Waals surface area contributed by atoms with Gasteiger partial charge in [0.05, 0.1) is 17.5 Å². The molecule has 0 spiro atoms. The minimum absolute atomic E-state index is 0.108. The number of aliphatic carboxylic acids is 1. The van der Waals surface area contributed by atoms with Crippen molar-refractivity contribution in [1.29, 1.82) is 0 Å². The van der Waals surface area contributed by atoms with E-state index in [4.69, 9.17) is 15.3 Å². The Morgan fingerprint density at radius 3 is 1.60 bits per heavy atom. The molecular formula is C14H16O6. The standard InChI is InChI=1S/C8H6O4.C6H10O2/c9-7(10)5-3-1-2-4-6(5)8(11)12;1-3-5(2)4-6(7)8/h1-4H,(H,9,10)(H,11,12);2-4H2,1H3,(H,7,8). The van der Waals surface area contributed by atoms with Crippen LogP contribution in [0.1, 0.15) is 40.5 Å². The van der Waals surface area contributed by atoms with Gasteiger partial charge in [-0.1, -0.05) is 31.2 Å². The molecule has 108 valence electrons. The highest BCUT2D eigenvalue weighted by Crippen LogP contribution is 2.07. The number of carboxylic acid groups (broad SMARTS) is 3. The van der Waals surface area contributed by atoms with Crippen molar-refractivity contribution in [1.82, 2.24) is 0 Å². The van der Waals surface area contributed by atoms with Crippen molar-refractivity contribution in [3.05, 3.63) is 47.5 Å². The first-order valence-corrected chi connectivity index (χ1v) is 5.73. The zero-order valence-corrected chi connectivity index (χ0v) is 11.0. The lowest BCUT2D eigenvalue weighted by atomic mass is 10.1. The minimum atomic E-state index is -1.23. The summed E-state index contributed by atoms with van der Waals surface area (Å²) in [6, 6.07) is 5.48. The summed E-state index contributed by atoms with van der Waals surface area (Å²) in [7, 11) is 0. The summed E-state index contributed by atoms with van der Waals surface area (Å²) in [5.41, 5.74) is 0.396. The maximum absolute atomic E-state index is 10.5. The Morgan fingerprint density at radius 1 is 1.00 bits per heavy atom. The van der Waals surface area contributed by atoms with Gasteiger partial charge in [-0.2, -0.15) is 0 Å². The Hall–Kier alpha value is -2.63. The lowest BCUT2D eigenvalue weighted by Crippen LogP contribution is -2.06. The van der Waals surface area contributed by atoms with E-state index in [1.165, 1.54) is 24.3 Å². The summed E-state index contributed by atoms with van der Waals surface area (Å²) in [4.78, 5) is 30.8. The topological polar surface area (TPSA) is 112 Å². The van der Waals surface area contributed by atoms with Gasteiger partial charge in [0.25, 0.3) is 0 Å². The summed E-state index contributed by atoms with van der Waals surface area (Å²) in [6.45, 7) is 5.43. The van der Waals surface area contributed by atoms with E-state index in [0.29, 0.717) is 0 Å². The van der Waals surface area contributed by atoms with Crippen LogP contribution in [0, 0.1) is 0 Å². The van der Waals surface area contributed by atoms with Crippen molar-refractivity contribution in [3.63, 3.8) is 0 Å². The first-order valence-electron chi connectivity index (χ1n) is 5.73. The Kier molecular flexibility index (Phi) is 7.35. The second-order valence-corrected chi connectivity index (χ2v) is 3.83. The smallest absolute Gasteiger partial charge is 0.336 e. The first-order chi connectivity index (χ1) is 9.29. The van der Waals surface area contributed by atoms with Crippen LogP contribution in [0.3, 0.4) is 0 Å². The van der Waals surface area contributed by atoms with Gasteiger partial charge in [0.2, 0.25) is 0 Å². The van der Waals surface area contributed by atoms with Crippen molar-refractivity contribution in [2.24, 2.45) is 0 Å². The Balaban J connectivity index is 0.000000396. The Labute approximate surface area is 116 Å². The SMILES string of the molecule is C=C(CC)CC(=O)O.O=C(O)c1ccccc1C(=O)O. The number of aromatic carboxylic acids is 2. The van der Waals surface area contributed by atoms with Crippen molar-refractivity contribution in [3.8, 4) is 0 Å². The third-order valence-electron chi connectivity index (χ3n) is 2.29. The second-order valence-electron chi connectivity index (χ2n) is 3.83. The quantitative estimate of drug-likeness (QED) is 0.714. The number of hydrogen-bond donors (Lipinski definition) is 3. The molecule has 0 saturated carbocycles. The molecule has 0 aliphatic rings. The lowest BCUT2D eigenvalue weighted by molar-refractivity contribution is -0.136. The van der Waals surface area contributed by atoms with Gasteiger partial charge in [-0.3, -0.25) is 4.79 Å². The van der Waals surface area contributed by atoms with E-state index < -0.39 is 17.9 Å². The third kappa shape index (κ3) is 6.34. The van der Waals surface area contributed by atoms with Crippen LogP contribution in [0.15, 0.2) is 36.4 Å². The predicted molar refractivity (Wildman–Crippen MR) is 72.0 cm³/mol. The van der Waals surface area contributed by atoms with Crippen molar-refractivity contribution >= 4 is 17.9 Å². The molecule has 20 heavy (non-hydrogen) atoms. The number of carboxylic acids is 3. The predicted octanol–water partition coefficient (Wildman–Crippen LogP) is 2.51. The molecule has 1 rings (SSSR count). The van der Waals surface area contributed by atoms with E-state index in [1.807, 2.05) is 6.92 Å². The van der Waals surface area contributed by atoms with E-state index in [2.05, 4.69) is 6.58 Å². The van der Waals surface area contributed by atoms with Crippen LogP contribution in [0.2, 0.25) is 0 Å². The zero-order chi connectivity index (χ0) is 15.7. The van der Waals surface area contributed by atoms with Crippen LogP contribution in [0.25, 0.3) is 0 Å². The molecule has 3 N–H and O–H groups in total. The molecule has 0 amide bonds. The maximum atomic E-state index is 10.5. The van der Waals surface area contributed by atoms with Crippen LogP contribution in [0.5, 0.6) is 0 Å². The summed E-state index contributed by atoms with van der Waals surface area (Å²) in [6.07, 6.45) is 0.864. The summed E-state index contributed by atoms with van der Waals surface area (Å²) >= 11 is 0. The van der Waals surface area contributed by atoms with Crippen LogP contribution < -0.4 is 0 Å². The average molecular weight is 280 g/mol. The summed E-state index contributed by atoms with van der Waals surface area (Å²) in [5, 5.41) is 25.3.